The molecular formula is C17H16ClN5O3. The first kappa shape index (κ1) is 16.5. The highest BCUT2D eigenvalue weighted by molar-refractivity contribution is 6.31. The molecule has 9 heteroatoms. The molecule has 0 fully saturated rings. The fourth-order valence-electron chi connectivity index (χ4n) is 3.08. The second-order valence-electron chi connectivity index (χ2n) is 5.94. The highest BCUT2D eigenvalue weighted by Gasteiger charge is 2.25. The third-order valence-electron chi connectivity index (χ3n) is 4.39. The minimum Gasteiger partial charge on any atom is -0.495 e. The Bertz CT molecular complexity index is 1060. The lowest BCUT2D eigenvalue weighted by molar-refractivity contribution is 0.205. The number of carbonyl (C=O) groups is 1. The summed E-state index contributed by atoms with van der Waals surface area (Å²) >= 11 is 6.00. The third kappa shape index (κ3) is 2.78. The number of rotatable bonds is 2. The molecule has 2 aromatic heterocycles. The second kappa shape index (κ2) is 6.38. The molecular weight excluding hydrogens is 358 g/mol. The number of aromatic amines is 1. The maximum atomic E-state index is 12.7. The highest BCUT2D eigenvalue weighted by Crippen LogP contribution is 2.28. The van der Waals surface area contributed by atoms with Gasteiger partial charge in [0.25, 0.3) is 5.56 Å². The van der Waals surface area contributed by atoms with Gasteiger partial charge in [-0.15, -0.1) is 0 Å². The number of hydrogen-bond donors (Lipinski definition) is 2. The lowest BCUT2D eigenvalue weighted by Crippen LogP contribution is -2.41. The van der Waals surface area contributed by atoms with E-state index in [-0.39, 0.29) is 18.1 Å². The van der Waals surface area contributed by atoms with Crippen molar-refractivity contribution in [3.8, 4) is 5.75 Å². The van der Waals surface area contributed by atoms with Crippen LogP contribution >= 0.6 is 11.6 Å². The van der Waals surface area contributed by atoms with Crippen molar-refractivity contribution in [2.75, 3.05) is 19.0 Å². The van der Waals surface area contributed by atoms with E-state index in [9.17, 15) is 9.59 Å². The van der Waals surface area contributed by atoms with Crippen LogP contribution in [0.4, 0.5) is 10.5 Å². The molecule has 0 saturated heterocycles. The number of hydrogen-bond acceptors (Lipinski definition) is 4. The van der Waals surface area contributed by atoms with Gasteiger partial charge in [-0.2, -0.15) is 0 Å². The smallest absolute Gasteiger partial charge is 0.322 e. The van der Waals surface area contributed by atoms with Gasteiger partial charge in [0.05, 0.1) is 25.0 Å². The van der Waals surface area contributed by atoms with Gasteiger partial charge in [-0.1, -0.05) is 11.6 Å². The molecule has 26 heavy (non-hydrogen) atoms. The Hall–Kier alpha value is -3.00. The molecule has 8 nitrogen and oxygen atoms in total. The zero-order valence-corrected chi connectivity index (χ0v) is 14.7. The molecule has 2 amide bonds. The normalized spacial score (nSPS) is 13.5. The van der Waals surface area contributed by atoms with E-state index in [1.807, 2.05) is 0 Å². The fraction of sp³-hybridized carbons (Fsp3) is 0.235. The van der Waals surface area contributed by atoms with Crippen LogP contribution in [0.3, 0.4) is 0 Å². The van der Waals surface area contributed by atoms with Gasteiger partial charge in [0.15, 0.2) is 5.65 Å². The molecule has 3 heterocycles. The maximum Gasteiger partial charge on any atom is 0.322 e. The van der Waals surface area contributed by atoms with Gasteiger partial charge >= 0.3 is 6.03 Å². The van der Waals surface area contributed by atoms with Crippen LogP contribution in [0.25, 0.3) is 5.65 Å². The largest absolute Gasteiger partial charge is 0.495 e. The average molecular weight is 374 g/mol. The summed E-state index contributed by atoms with van der Waals surface area (Å²) < 4.78 is 6.66. The Morgan fingerprint density at radius 3 is 3.04 bits per heavy atom. The Morgan fingerprint density at radius 2 is 2.23 bits per heavy atom. The highest BCUT2D eigenvalue weighted by atomic mass is 35.5. The van der Waals surface area contributed by atoms with Crippen molar-refractivity contribution < 1.29 is 9.53 Å². The summed E-state index contributed by atoms with van der Waals surface area (Å²) in [5.41, 5.74) is 2.16. The van der Waals surface area contributed by atoms with E-state index < -0.39 is 0 Å². The van der Waals surface area contributed by atoms with Gasteiger partial charge < -0.3 is 15.0 Å². The van der Waals surface area contributed by atoms with Gasteiger partial charge in [-0.3, -0.25) is 9.89 Å². The summed E-state index contributed by atoms with van der Waals surface area (Å²) in [6.07, 6.45) is 2.11. The number of nitrogens with zero attached hydrogens (tertiary/aromatic N) is 3. The van der Waals surface area contributed by atoms with Crippen LogP contribution < -0.4 is 15.6 Å². The average Bonchev–Trinajstić information content (AvgIpc) is 3.10. The Labute approximate surface area is 153 Å². The minimum absolute atomic E-state index is 0.119. The number of halogens is 1. The number of benzene rings is 1. The Morgan fingerprint density at radius 1 is 1.38 bits per heavy atom. The minimum atomic E-state index is -0.299. The predicted molar refractivity (Wildman–Crippen MR) is 96.9 cm³/mol. The molecule has 0 bridgehead atoms. The predicted octanol–water partition coefficient (Wildman–Crippen LogP) is 2.27. The molecule has 4 rings (SSSR count). The summed E-state index contributed by atoms with van der Waals surface area (Å²) in [7, 11) is 1.52. The van der Waals surface area contributed by atoms with E-state index in [2.05, 4.69) is 15.4 Å². The van der Waals surface area contributed by atoms with Crippen molar-refractivity contribution in [3.63, 3.8) is 0 Å². The van der Waals surface area contributed by atoms with Crippen LogP contribution in [0.5, 0.6) is 5.75 Å². The number of fused-ring (bicyclic) bond motifs is 2. The third-order valence-corrected chi connectivity index (χ3v) is 4.62. The molecule has 3 aromatic rings. The molecule has 0 aliphatic carbocycles. The van der Waals surface area contributed by atoms with Gasteiger partial charge in [0.1, 0.15) is 5.75 Å². The molecule has 0 radical (unpaired) electrons. The number of methoxy groups -OCH3 is 1. The van der Waals surface area contributed by atoms with Crippen molar-refractivity contribution in [1.82, 2.24) is 19.5 Å². The van der Waals surface area contributed by atoms with E-state index in [1.54, 1.807) is 35.4 Å². The molecule has 0 saturated carbocycles. The lowest BCUT2D eigenvalue weighted by atomic mass is 10.1. The fourth-order valence-corrected chi connectivity index (χ4v) is 3.25. The summed E-state index contributed by atoms with van der Waals surface area (Å²) in [6.45, 7) is 0.687. The van der Waals surface area contributed by atoms with Gasteiger partial charge in [-0.25, -0.2) is 14.3 Å². The number of carbonyl (C=O) groups excluding carboxylic acids is 1. The number of amides is 2. The van der Waals surface area contributed by atoms with E-state index in [0.29, 0.717) is 46.3 Å². The molecule has 134 valence electrons. The van der Waals surface area contributed by atoms with Crippen molar-refractivity contribution in [2.24, 2.45) is 0 Å². The van der Waals surface area contributed by atoms with E-state index >= 15 is 0 Å². The number of urea groups is 1. The van der Waals surface area contributed by atoms with Gasteiger partial charge in [-0.05, 0) is 24.6 Å². The Balaban J connectivity index is 1.59. The monoisotopic (exact) mass is 373 g/mol. The molecule has 1 aliphatic heterocycles. The van der Waals surface area contributed by atoms with Crippen molar-refractivity contribution in [3.05, 3.63) is 57.1 Å². The van der Waals surface area contributed by atoms with Gasteiger partial charge in [0, 0.05) is 29.4 Å². The number of anilines is 1. The Kier molecular flexibility index (Phi) is 4.04. The summed E-state index contributed by atoms with van der Waals surface area (Å²) in [6, 6.07) is 6.43. The molecule has 0 spiro atoms. The van der Waals surface area contributed by atoms with E-state index in [4.69, 9.17) is 16.3 Å². The van der Waals surface area contributed by atoms with Gasteiger partial charge in [0.2, 0.25) is 0 Å². The number of nitrogens with one attached hydrogen (secondary N) is 2. The zero-order valence-electron chi connectivity index (χ0n) is 14.0. The number of H-pyrrole nitrogens is 1. The van der Waals surface area contributed by atoms with Crippen molar-refractivity contribution in [1.29, 1.82) is 0 Å². The molecule has 0 unspecified atom stereocenters. The summed E-state index contributed by atoms with van der Waals surface area (Å²) in [4.78, 5) is 31.2. The van der Waals surface area contributed by atoms with Crippen LogP contribution in [0.2, 0.25) is 5.02 Å². The van der Waals surface area contributed by atoms with Crippen LogP contribution in [0, 0.1) is 0 Å². The molecule has 1 aromatic carbocycles. The molecule has 0 atom stereocenters. The van der Waals surface area contributed by atoms with Crippen molar-refractivity contribution in [2.45, 2.75) is 13.0 Å². The quantitative estimate of drug-likeness (QED) is 0.720. The van der Waals surface area contributed by atoms with Crippen LogP contribution in [-0.4, -0.2) is 39.2 Å². The van der Waals surface area contributed by atoms with E-state index in [1.165, 1.54) is 11.6 Å². The first-order valence-corrected chi connectivity index (χ1v) is 8.42. The maximum absolute atomic E-state index is 12.7. The lowest BCUT2D eigenvalue weighted by Gasteiger charge is -2.28. The van der Waals surface area contributed by atoms with Crippen LogP contribution in [0.1, 0.15) is 11.3 Å². The molecule has 1 aliphatic rings. The first-order chi connectivity index (χ1) is 12.6. The molecule has 2 N–H and O–H groups in total. The number of ether oxygens (including phenoxy) is 1. The first-order valence-electron chi connectivity index (χ1n) is 8.04. The van der Waals surface area contributed by atoms with Crippen LogP contribution in [0.15, 0.2) is 35.3 Å². The standard InChI is InChI=1S/C17H16ClN5O3/c1-26-14-3-2-10(18)8-12(14)21-17(25)22-7-5-11-13(9-22)20-15-4-6-19-23(15)16(11)24/h2-4,6,8,19H,5,7,9H2,1H3,(H,21,25). The topological polar surface area (TPSA) is 91.7 Å². The zero-order chi connectivity index (χ0) is 18.3. The SMILES string of the molecule is COc1ccc(Cl)cc1NC(=O)N1CCc2c(nc3cc[nH]n3c2=O)C1. The number of aromatic nitrogens is 3. The van der Waals surface area contributed by atoms with Crippen molar-refractivity contribution >= 4 is 29.0 Å². The summed E-state index contributed by atoms with van der Waals surface area (Å²) in [5.74, 6) is 0.519. The second-order valence-corrected chi connectivity index (χ2v) is 6.38. The van der Waals surface area contributed by atoms with Crippen LogP contribution in [-0.2, 0) is 13.0 Å². The van der Waals surface area contributed by atoms with E-state index in [0.717, 1.165) is 0 Å². The summed E-state index contributed by atoms with van der Waals surface area (Å²) in [5, 5.41) is 6.15.